The fraction of sp³-hybridized carbons (Fsp3) is 0.231. The van der Waals surface area contributed by atoms with E-state index < -0.39 is 11.8 Å². The van der Waals surface area contributed by atoms with Crippen LogP contribution in [0.5, 0.6) is 5.88 Å². The van der Waals surface area contributed by atoms with Crippen molar-refractivity contribution in [1.29, 1.82) is 0 Å². The summed E-state index contributed by atoms with van der Waals surface area (Å²) in [6.45, 7) is 0. The predicted octanol–water partition coefficient (Wildman–Crippen LogP) is 1.39. The Morgan fingerprint density at radius 3 is 2.63 bits per heavy atom. The molecule has 0 spiro atoms. The molecule has 1 aromatic heterocycles. The van der Waals surface area contributed by atoms with E-state index in [0.717, 1.165) is 12.8 Å². The van der Waals surface area contributed by atoms with E-state index in [2.05, 4.69) is 10.3 Å². The van der Waals surface area contributed by atoms with Crippen molar-refractivity contribution < 1.29 is 15.1 Å². The van der Waals surface area contributed by atoms with Crippen LogP contribution in [0.1, 0.15) is 23.3 Å². The number of imidazole rings is 1. The normalized spacial score (nSPS) is 14.3. The van der Waals surface area contributed by atoms with E-state index in [4.69, 9.17) is 0 Å². The molecule has 2 aromatic rings. The molecular weight excluding hydrogens is 246 g/mol. The van der Waals surface area contributed by atoms with E-state index >= 15 is 0 Å². The maximum atomic E-state index is 11.9. The van der Waals surface area contributed by atoms with Crippen LogP contribution in [0, 0.1) is 0 Å². The summed E-state index contributed by atoms with van der Waals surface area (Å²) in [7, 11) is 0. The number of amides is 1. The number of carbonyl (C=O) groups is 1. The van der Waals surface area contributed by atoms with Gasteiger partial charge in [0.25, 0.3) is 5.91 Å². The molecule has 0 saturated heterocycles. The molecule has 0 bridgehead atoms. The maximum Gasteiger partial charge on any atom is 0.277 e. The van der Waals surface area contributed by atoms with E-state index in [-0.39, 0.29) is 17.6 Å². The third-order valence-electron chi connectivity index (χ3n) is 3.00. The molecule has 0 radical (unpaired) electrons. The molecule has 98 valence electrons. The summed E-state index contributed by atoms with van der Waals surface area (Å²) >= 11 is 0. The number of hydrogen-bond donors (Lipinski definition) is 3. The first-order valence-corrected chi connectivity index (χ1v) is 6.04. The van der Waals surface area contributed by atoms with Crippen LogP contribution in [0.4, 0.5) is 0 Å². The molecule has 3 rings (SSSR count). The van der Waals surface area contributed by atoms with E-state index in [0.29, 0.717) is 10.3 Å². The van der Waals surface area contributed by atoms with Crippen LogP contribution in [0.15, 0.2) is 30.3 Å². The highest BCUT2D eigenvalue weighted by Gasteiger charge is 2.29. The van der Waals surface area contributed by atoms with E-state index in [9.17, 15) is 15.1 Å². The van der Waals surface area contributed by atoms with Gasteiger partial charge in [0.2, 0.25) is 11.6 Å². The number of hydrogen-bond acceptors (Lipinski definition) is 4. The Balaban J connectivity index is 1.98. The largest absolute Gasteiger partial charge is 0.492 e. The number of nitrogens with one attached hydrogen (secondary N) is 1. The van der Waals surface area contributed by atoms with Crippen LogP contribution in [0.25, 0.3) is 11.4 Å². The molecule has 1 amide bonds. The standard InChI is InChI=1S/C13H13N3O3/c17-12(14-9-6-7-9)10-13(18)15-11(16(10)19)8-4-2-1-3-5-8/h1-5,9,18-19H,6-7H2,(H,14,17). The van der Waals surface area contributed by atoms with Crippen LogP contribution in [-0.4, -0.2) is 32.0 Å². The Bertz CT molecular complexity index is 618. The highest BCUT2D eigenvalue weighted by atomic mass is 16.5. The number of nitrogens with zero attached hydrogens (tertiary/aromatic N) is 2. The Morgan fingerprint density at radius 1 is 1.32 bits per heavy atom. The molecule has 6 heteroatoms. The van der Waals surface area contributed by atoms with Gasteiger partial charge in [-0.1, -0.05) is 30.3 Å². The fourth-order valence-corrected chi connectivity index (χ4v) is 1.85. The van der Waals surface area contributed by atoms with Crippen LogP contribution in [0.3, 0.4) is 0 Å². The fourth-order valence-electron chi connectivity index (χ4n) is 1.85. The number of aromatic hydroxyl groups is 1. The third kappa shape index (κ3) is 2.12. The summed E-state index contributed by atoms with van der Waals surface area (Å²) in [5.74, 6) is -0.851. The zero-order valence-electron chi connectivity index (χ0n) is 10.1. The highest BCUT2D eigenvalue weighted by molar-refractivity contribution is 5.95. The minimum absolute atomic E-state index is 0.138. The van der Waals surface area contributed by atoms with Gasteiger partial charge in [0.05, 0.1) is 0 Å². The first-order valence-electron chi connectivity index (χ1n) is 6.04. The summed E-state index contributed by atoms with van der Waals surface area (Å²) in [6.07, 6.45) is 1.86. The van der Waals surface area contributed by atoms with Crippen molar-refractivity contribution in [3.05, 3.63) is 36.0 Å². The smallest absolute Gasteiger partial charge is 0.277 e. The monoisotopic (exact) mass is 259 g/mol. The van der Waals surface area contributed by atoms with Gasteiger partial charge < -0.3 is 15.6 Å². The minimum atomic E-state index is -0.516. The second kappa shape index (κ2) is 4.31. The van der Waals surface area contributed by atoms with Gasteiger partial charge in [-0.3, -0.25) is 4.79 Å². The van der Waals surface area contributed by atoms with Crippen molar-refractivity contribution in [2.24, 2.45) is 0 Å². The van der Waals surface area contributed by atoms with Crippen LogP contribution >= 0.6 is 0 Å². The van der Waals surface area contributed by atoms with Gasteiger partial charge in [0.1, 0.15) is 0 Å². The van der Waals surface area contributed by atoms with Gasteiger partial charge in [0, 0.05) is 11.6 Å². The molecule has 3 N–H and O–H groups in total. The molecule has 1 heterocycles. The molecule has 1 saturated carbocycles. The summed E-state index contributed by atoms with van der Waals surface area (Å²) < 4.78 is 0.627. The average Bonchev–Trinajstić information content (AvgIpc) is 3.15. The SMILES string of the molecule is O=C(NC1CC1)c1c(O)nc(-c2ccccc2)n1O. The lowest BCUT2D eigenvalue weighted by molar-refractivity contribution is 0.0898. The number of benzene rings is 1. The van der Waals surface area contributed by atoms with Crippen LogP contribution in [0.2, 0.25) is 0 Å². The topological polar surface area (TPSA) is 87.4 Å². The predicted molar refractivity (Wildman–Crippen MR) is 67.0 cm³/mol. The van der Waals surface area contributed by atoms with Gasteiger partial charge in [-0.2, -0.15) is 9.71 Å². The molecule has 1 aromatic carbocycles. The summed E-state index contributed by atoms with van der Waals surface area (Å²) in [5, 5.41) is 22.4. The minimum Gasteiger partial charge on any atom is -0.492 e. The van der Waals surface area contributed by atoms with Crippen LogP contribution < -0.4 is 5.32 Å². The van der Waals surface area contributed by atoms with Crippen molar-refractivity contribution in [1.82, 2.24) is 15.0 Å². The zero-order valence-corrected chi connectivity index (χ0v) is 10.1. The molecule has 1 fully saturated rings. The highest BCUT2D eigenvalue weighted by Crippen LogP contribution is 2.26. The third-order valence-corrected chi connectivity index (χ3v) is 3.00. The van der Waals surface area contributed by atoms with Gasteiger partial charge in [-0.15, -0.1) is 0 Å². The maximum absolute atomic E-state index is 11.9. The lowest BCUT2D eigenvalue weighted by Gasteiger charge is -2.04. The molecule has 0 aliphatic heterocycles. The molecular formula is C13H13N3O3. The van der Waals surface area contributed by atoms with E-state index in [1.807, 2.05) is 6.07 Å². The van der Waals surface area contributed by atoms with Crippen molar-refractivity contribution in [2.75, 3.05) is 0 Å². The van der Waals surface area contributed by atoms with Crippen molar-refractivity contribution in [2.45, 2.75) is 18.9 Å². The average molecular weight is 259 g/mol. The number of rotatable bonds is 3. The first-order chi connectivity index (χ1) is 9.16. The Kier molecular flexibility index (Phi) is 2.63. The second-order valence-corrected chi connectivity index (χ2v) is 4.53. The molecule has 1 aliphatic rings. The molecule has 1 aliphatic carbocycles. The van der Waals surface area contributed by atoms with Gasteiger partial charge in [0.15, 0.2) is 5.82 Å². The Labute approximate surface area is 109 Å². The molecule has 6 nitrogen and oxygen atoms in total. The Morgan fingerprint density at radius 2 is 2.00 bits per heavy atom. The summed E-state index contributed by atoms with van der Waals surface area (Å²) in [6, 6.07) is 9.00. The van der Waals surface area contributed by atoms with Crippen molar-refractivity contribution in [3.8, 4) is 17.3 Å². The zero-order chi connectivity index (χ0) is 13.4. The van der Waals surface area contributed by atoms with Crippen molar-refractivity contribution in [3.63, 3.8) is 0 Å². The Hall–Kier alpha value is -2.50. The quantitative estimate of drug-likeness (QED) is 0.727. The first kappa shape index (κ1) is 11.6. The van der Waals surface area contributed by atoms with Gasteiger partial charge in [-0.25, -0.2) is 0 Å². The van der Waals surface area contributed by atoms with E-state index in [1.165, 1.54) is 0 Å². The van der Waals surface area contributed by atoms with Gasteiger partial charge >= 0.3 is 0 Å². The lowest BCUT2D eigenvalue weighted by Crippen LogP contribution is -2.27. The molecule has 19 heavy (non-hydrogen) atoms. The molecule has 0 atom stereocenters. The number of carbonyl (C=O) groups excluding carboxylic acids is 1. The lowest BCUT2D eigenvalue weighted by atomic mass is 10.2. The van der Waals surface area contributed by atoms with E-state index in [1.54, 1.807) is 24.3 Å². The van der Waals surface area contributed by atoms with Crippen molar-refractivity contribution >= 4 is 5.91 Å². The van der Waals surface area contributed by atoms with Crippen LogP contribution in [-0.2, 0) is 0 Å². The summed E-state index contributed by atoms with van der Waals surface area (Å²) in [5.41, 5.74) is 0.386. The molecule has 0 unspecified atom stereocenters. The van der Waals surface area contributed by atoms with Gasteiger partial charge in [-0.05, 0) is 12.8 Å². The summed E-state index contributed by atoms with van der Waals surface area (Å²) in [4.78, 5) is 15.7. The second-order valence-electron chi connectivity index (χ2n) is 4.53. The number of aromatic nitrogens is 2.